The van der Waals surface area contributed by atoms with Crippen molar-refractivity contribution >= 4 is 6.21 Å². The van der Waals surface area contributed by atoms with Gasteiger partial charge in [-0.3, -0.25) is 0 Å². The Morgan fingerprint density at radius 2 is 2.00 bits per heavy atom. The van der Waals surface area contributed by atoms with Crippen LogP contribution in [0.5, 0.6) is 0 Å². The summed E-state index contributed by atoms with van der Waals surface area (Å²) in [6, 6.07) is 6.47. The average molecular weight is 208 g/mol. The third-order valence-electron chi connectivity index (χ3n) is 1.62. The molecule has 0 saturated carbocycles. The summed E-state index contributed by atoms with van der Waals surface area (Å²) in [6.07, 6.45) is 2.79. The van der Waals surface area contributed by atoms with E-state index in [1.807, 2.05) is 20.8 Å². The summed E-state index contributed by atoms with van der Waals surface area (Å²) >= 11 is 0. The molecule has 0 atom stereocenters. The van der Waals surface area contributed by atoms with Crippen LogP contribution in [0.25, 0.3) is 0 Å². The van der Waals surface area contributed by atoms with Crippen molar-refractivity contribution < 1.29 is 9.23 Å². The molecule has 1 aromatic rings. The van der Waals surface area contributed by atoms with E-state index in [0.717, 1.165) is 0 Å². The lowest BCUT2D eigenvalue weighted by atomic mass is 10.00. The first-order chi connectivity index (χ1) is 6.99. The molecule has 0 fully saturated rings. The monoisotopic (exact) mass is 208 g/mol. The molecule has 0 aromatic heterocycles. The first-order valence-corrected chi connectivity index (χ1v) is 4.81. The predicted octanol–water partition coefficient (Wildman–Crippen LogP) is 3.25. The number of benzene rings is 1. The maximum Gasteiger partial charge on any atom is 0.145 e. The highest BCUT2D eigenvalue weighted by molar-refractivity contribution is 5.63. The summed E-state index contributed by atoms with van der Waals surface area (Å²) in [5, 5.41) is 3.66. The lowest BCUT2D eigenvalue weighted by molar-refractivity contribution is 0.127. The minimum absolute atomic E-state index is 0.135. The molecule has 15 heavy (non-hydrogen) atoms. The zero-order valence-electron chi connectivity index (χ0n) is 9.25. The molecule has 0 unspecified atom stereocenters. The molecule has 0 saturated heterocycles. The van der Waals surface area contributed by atoms with Gasteiger partial charge in [-0.2, -0.15) is 0 Å². The van der Waals surface area contributed by atoms with Crippen LogP contribution in [0, 0.1) is 11.2 Å². The Labute approximate surface area is 89.7 Å². The molecule has 1 rings (SSSR count). The fraction of sp³-hybridized carbons (Fsp3) is 0.417. The number of hydrogen-bond donors (Lipinski definition) is 0. The molecule has 2 nitrogen and oxygen atoms in total. The molecule has 0 aliphatic rings. The van der Waals surface area contributed by atoms with E-state index in [1.54, 1.807) is 18.2 Å². The van der Waals surface area contributed by atoms with Crippen molar-refractivity contribution in [3.05, 3.63) is 35.6 Å². The Kier molecular flexibility index (Phi) is 3.83. The molecule has 0 spiro atoms. The second-order valence-electron chi connectivity index (χ2n) is 4.32. The smallest absolute Gasteiger partial charge is 0.145 e. The lowest BCUT2D eigenvalue weighted by Gasteiger charge is -2.08. The van der Waals surface area contributed by atoms with Crippen molar-refractivity contribution in [1.82, 2.24) is 0 Å². The van der Waals surface area contributed by atoms with Crippen molar-refractivity contribution in [3.63, 3.8) is 0 Å². The maximum absolute atomic E-state index is 13.1. The Bertz CT molecular complexity index is 342. The highest BCUT2D eigenvalue weighted by Crippen LogP contribution is 2.10. The van der Waals surface area contributed by atoms with Gasteiger partial charge in [-0.05, 0) is 6.07 Å². The van der Waals surface area contributed by atoms with Gasteiger partial charge in [0.25, 0.3) is 0 Å². The van der Waals surface area contributed by atoms with Gasteiger partial charge < -0.3 is 4.84 Å². The van der Waals surface area contributed by atoms with Gasteiger partial charge in [0.1, 0.15) is 18.6 Å². The highest BCUT2D eigenvalue weighted by atomic mass is 19.1. The van der Waals surface area contributed by atoms with Gasteiger partial charge in [-0.15, -0.1) is 0 Å². The molecular weight excluding hydrogens is 193 g/mol. The number of rotatable bonds is 3. The Morgan fingerprint density at radius 1 is 1.33 bits per heavy atom. The van der Waals surface area contributed by atoms with E-state index in [0.29, 0.717) is 5.56 Å². The highest BCUT2D eigenvalue weighted by Gasteiger charge is 2.06. The standard InChI is InChI=1S/C12H15FNO/c1-12(2,3)9-14-15-8-10-6-4-5-7-11(10)13/h4-7H,8H2,1-3H3. The molecule has 0 bridgehead atoms. The van der Waals surface area contributed by atoms with Crippen LogP contribution in [0.3, 0.4) is 0 Å². The van der Waals surface area contributed by atoms with E-state index in [4.69, 9.17) is 4.84 Å². The van der Waals surface area contributed by atoms with Crippen molar-refractivity contribution in [1.29, 1.82) is 0 Å². The van der Waals surface area contributed by atoms with Crippen LogP contribution >= 0.6 is 0 Å². The fourth-order valence-corrected chi connectivity index (χ4v) is 0.886. The number of halogens is 1. The number of hydrogen-bond acceptors (Lipinski definition) is 2. The van der Waals surface area contributed by atoms with E-state index in [1.165, 1.54) is 6.07 Å². The van der Waals surface area contributed by atoms with Crippen molar-refractivity contribution in [2.75, 3.05) is 0 Å². The SMILES string of the molecule is CC(C)(C)/[C]=N\OCc1ccccc1F. The second kappa shape index (κ2) is 4.91. The van der Waals surface area contributed by atoms with Gasteiger partial charge >= 0.3 is 0 Å². The lowest BCUT2D eigenvalue weighted by Crippen LogP contribution is -2.06. The van der Waals surface area contributed by atoms with Gasteiger partial charge in [-0.25, -0.2) is 4.39 Å². The molecule has 1 radical (unpaired) electrons. The molecule has 0 aliphatic heterocycles. The third kappa shape index (κ3) is 4.58. The molecule has 81 valence electrons. The van der Waals surface area contributed by atoms with E-state index < -0.39 is 0 Å². The largest absolute Gasteiger partial charge is 0.391 e. The quantitative estimate of drug-likeness (QED) is 0.552. The van der Waals surface area contributed by atoms with Gasteiger partial charge in [0.2, 0.25) is 0 Å². The van der Waals surface area contributed by atoms with Gasteiger partial charge in [0.15, 0.2) is 0 Å². The summed E-state index contributed by atoms with van der Waals surface area (Å²) in [4.78, 5) is 4.95. The van der Waals surface area contributed by atoms with E-state index in [9.17, 15) is 4.39 Å². The molecule has 0 amide bonds. The number of nitrogens with zero attached hydrogens (tertiary/aromatic N) is 1. The topological polar surface area (TPSA) is 21.6 Å². The van der Waals surface area contributed by atoms with Crippen molar-refractivity contribution in [2.24, 2.45) is 10.6 Å². The van der Waals surface area contributed by atoms with Crippen LogP contribution < -0.4 is 0 Å². The van der Waals surface area contributed by atoms with E-state index >= 15 is 0 Å². The first kappa shape index (κ1) is 11.7. The zero-order chi connectivity index (χ0) is 11.3. The Hall–Kier alpha value is -1.38. The minimum Gasteiger partial charge on any atom is -0.391 e. The first-order valence-electron chi connectivity index (χ1n) is 4.81. The van der Waals surface area contributed by atoms with E-state index in [2.05, 4.69) is 11.4 Å². The zero-order valence-corrected chi connectivity index (χ0v) is 9.25. The molecule has 0 N–H and O–H groups in total. The van der Waals surface area contributed by atoms with Crippen molar-refractivity contribution in [2.45, 2.75) is 27.4 Å². The molecule has 1 aromatic carbocycles. The molecular formula is C12H15FNO. The van der Waals surface area contributed by atoms with Crippen LogP contribution in [0.1, 0.15) is 26.3 Å². The fourth-order valence-electron chi connectivity index (χ4n) is 0.886. The Morgan fingerprint density at radius 3 is 2.60 bits per heavy atom. The van der Waals surface area contributed by atoms with Crippen LogP contribution in [0.2, 0.25) is 0 Å². The normalized spacial score (nSPS) is 12.0. The summed E-state index contributed by atoms with van der Waals surface area (Å²) in [6.45, 7) is 6.02. The summed E-state index contributed by atoms with van der Waals surface area (Å²) in [5.74, 6) is -0.275. The maximum atomic E-state index is 13.1. The van der Waals surface area contributed by atoms with Crippen molar-refractivity contribution in [3.8, 4) is 0 Å². The summed E-state index contributed by atoms with van der Waals surface area (Å²) in [5.41, 5.74) is 0.354. The minimum atomic E-state index is -0.275. The second-order valence-corrected chi connectivity index (χ2v) is 4.32. The third-order valence-corrected chi connectivity index (χ3v) is 1.62. The van der Waals surface area contributed by atoms with E-state index in [-0.39, 0.29) is 17.8 Å². The van der Waals surface area contributed by atoms with Crippen LogP contribution in [0.15, 0.2) is 29.4 Å². The van der Waals surface area contributed by atoms with Gasteiger partial charge in [-0.1, -0.05) is 44.1 Å². The van der Waals surface area contributed by atoms with Crippen LogP contribution in [0.4, 0.5) is 4.39 Å². The summed E-state index contributed by atoms with van der Waals surface area (Å²) < 4.78 is 13.1. The molecule has 0 aliphatic carbocycles. The van der Waals surface area contributed by atoms with Crippen LogP contribution in [-0.4, -0.2) is 6.21 Å². The average Bonchev–Trinajstić information content (AvgIpc) is 2.13. The van der Waals surface area contributed by atoms with Crippen LogP contribution in [-0.2, 0) is 11.4 Å². The predicted molar refractivity (Wildman–Crippen MR) is 58.1 cm³/mol. The Balaban J connectivity index is 2.45. The van der Waals surface area contributed by atoms with Gasteiger partial charge in [0, 0.05) is 11.0 Å². The summed E-state index contributed by atoms with van der Waals surface area (Å²) in [7, 11) is 0. The van der Waals surface area contributed by atoms with Gasteiger partial charge in [0.05, 0.1) is 0 Å². The molecule has 3 heteroatoms. The molecule has 0 heterocycles.